The second-order valence-electron chi connectivity index (χ2n) is 7.41. The maximum absolute atomic E-state index is 12.4. The molecule has 0 aromatic heterocycles. The summed E-state index contributed by atoms with van der Waals surface area (Å²) in [6, 6.07) is -0.275. The van der Waals surface area contributed by atoms with Crippen LogP contribution in [0.15, 0.2) is 0 Å². The summed E-state index contributed by atoms with van der Waals surface area (Å²) in [4.78, 5) is 25.2. The third-order valence-corrected chi connectivity index (χ3v) is 4.61. The number of amides is 2. The lowest BCUT2D eigenvalue weighted by Crippen LogP contribution is -2.53. The van der Waals surface area contributed by atoms with Gasteiger partial charge in [-0.05, 0) is 24.2 Å². The highest BCUT2D eigenvalue weighted by atomic mass is 16.4. The molecule has 2 amide bonds. The van der Waals surface area contributed by atoms with E-state index in [2.05, 4.69) is 12.2 Å². The molecule has 3 atom stereocenters. The Kier molecular flexibility index (Phi) is 6.05. The molecular formula is C16H30N2O3. The van der Waals surface area contributed by atoms with Crippen LogP contribution in [-0.4, -0.2) is 41.1 Å². The number of urea groups is 1. The van der Waals surface area contributed by atoms with Gasteiger partial charge in [0.05, 0.1) is 6.42 Å². The molecule has 122 valence electrons. The zero-order chi connectivity index (χ0) is 16.2. The van der Waals surface area contributed by atoms with E-state index in [0.29, 0.717) is 5.92 Å². The predicted octanol–water partition coefficient (Wildman–Crippen LogP) is 3.10. The van der Waals surface area contributed by atoms with E-state index in [1.165, 1.54) is 6.42 Å². The number of nitrogens with one attached hydrogen (secondary N) is 1. The fraction of sp³-hybridized carbons (Fsp3) is 0.875. The summed E-state index contributed by atoms with van der Waals surface area (Å²) >= 11 is 0. The first-order valence-electron chi connectivity index (χ1n) is 7.88. The SMILES string of the molecule is CC1CCCCC1N(C)C(=O)NC(CC(=O)O)C(C)(C)C. The van der Waals surface area contributed by atoms with Crippen LogP contribution < -0.4 is 5.32 Å². The highest BCUT2D eigenvalue weighted by Crippen LogP contribution is 2.28. The molecule has 0 heterocycles. The maximum Gasteiger partial charge on any atom is 0.317 e. The molecule has 0 aliphatic heterocycles. The van der Waals surface area contributed by atoms with Crippen molar-refractivity contribution >= 4 is 12.0 Å². The minimum absolute atomic E-state index is 0.0523. The summed E-state index contributed by atoms with van der Waals surface area (Å²) in [6.07, 6.45) is 4.52. The Balaban J connectivity index is 2.69. The highest BCUT2D eigenvalue weighted by Gasteiger charge is 2.32. The fourth-order valence-corrected chi connectivity index (χ4v) is 3.02. The molecule has 2 N–H and O–H groups in total. The molecular weight excluding hydrogens is 268 g/mol. The fourth-order valence-electron chi connectivity index (χ4n) is 3.02. The Morgan fingerprint density at radius 2 is 1.86 bits per heavy atom. The monoisotopic (exact) mass is 298 g/mol. The standard InChI is InChI=1S/C16H30N2O3/c1-11-8-6-7-9-12(11)18(5)15(21)17-13(10-14(19)20)16(2,3)4/h11-13H,6-10H2,1-5H3,(H,17,21)(H,19,20). The average Bonchev–Trinajstić information content (AvgIpc) is 2.36. The Morgan fingerprint density at radius 1 is 1.29 bits per heavy atom. The van der Waals surface area contributed by atoms with E-state index < -0.39 is 5.97 Å². The lowest BCUT2D eigenvalue weighted by atomic mass is 9.84. The molecule has 0 aromatic rings. The summed E-state index contributed by atoms with van der Waals surface area (Å²) < 4.78 is 0. The van der Waals surface area contributed by atoms with Gasteiger partial charge in [-0.25, -0.2) is 4.79 Å². The van der Waals surface area contributed by atoms with Crippen LogP contribution in [0.4, 0.5) is 4.79 Å². The normalized spacial score (nSPS) is 24.2. The smallest absolute Gasteiger partial charge is 0.317 e. The zero-order valence-electron chi connectivity index (χ0n) is 14.0. The molecule has 3 unspecified atom stereocenters. The van der Waals surface area contributed by atoms with Crippen molar-refractivity contribution in [2.45, 2.75) is 71.9 Å². The Bertz CT molecular complexity index is 376. The number of rotatable bonds is 4. The zero-order valence-corrected chi connectivity index (χ0v) is 14.0. The van der Waals surface area contributed by atoms with Crippen LogP contribution >= 0.6 is 0 Å². The molecule has 21 heavy (non-hydrogen) atoms. The van der Waals surface area contributed by atoms with Gasteiger partial charge in [-0.2, -0.15) is 0 Å². The van der Waals surface area contributed by atoms with E-state index in [1.807, 2.05) is 27.8 Å². The van der Waals surface area contributed by atoms with Gasteiger partial charge in [0.25, 0.3) is 0 Å². The van der Waals surface area contributed by atoms with Crippen molar-refractivity contribution < 1.29 is 14.7 Å². The quantitative estimate of drug-likeness (QED) is 0.838. The number of carbonyl (C=O) groups is 2. The van der Waals surface area contributed by atoms with Gasteiger partial charge in [0.2, 0.25) is 0 Å². The highest BCUT2D eigenvalue weighted by molar-refractivity contribution is 5.76. The maximum atomic E-state index is 12.4. The minimum atomic E-state index is -0.885. The summed E-state index contributed by atoms with van der Waals surface area (Å²) in [5, 5.41) is 11.9. The molecule has 0 radical (unpaired) electrons. The number of carboxylic acids is 1. The first-order chi connectivity index (χ1) is 9.62. The Hall–Kier alpha value is -1.26. The van der Waals surface area contributed by atoms with Gasteiger partial charge in [0.1, 0.15) is 0 Å². The van der Waals surface area contributed by atoms with Crippen LogP contribution in [0.3, 0.4) is 0 Å². The second-order valence-corrected chi connectivity index (χ2v) is 7.41. The van der Waals surface area contributed by atoms with Gasteiger partial charge >= 0.3 is 12.0 Å². The van der Waals surface area contributed by atoms with Crippen molar-refractivity contribution in [3.05, 3.63) is 0 Å². The molecule has 0 spiro atoms. The molecule has 5 heteroatoms. The summed E-state index contributed by atoms with van der Waals surface area (Å²) in [7, 11) is 1.82. The summed E-state index contributed by atoms with van der Waals surface area (Å²) in [5.41, 5.74) is -0.285. The molecule has 0 aromatic carbocycles. The third kappa shape index (κ3) is 5.21. The van der Waals surface area contributed by atoms with Crippen LogP contribution in [0, 0.1) is 11.3 Å². The summed E-state index contributed by atoms with van der Waals surface area (Å²) in [6.45, 7) is 8.03. The number of hydrogen-bond donors (Lipinski definition) is 2. The van der Waals surface area contributed by atoms with Crippen molar-refractivity contribution in [1.82, 2.24) is 10.2 Å². The number of carboxylic acid groups (broad SMARTS) is 1. The van der Waals surface area contributed by atoms with Crippen LogP contribution in [0.25, 0.3) is 0 Å². The van der Waals surface area contributed by atoms with Crippen LogP contribution in [0.2, 0.25) is 0 Å². The first-order valence-corrected chi connectivity index (χ1v) is 7.88. The van der Waals surface area contributed by atoms with Gasteiger partial charge < -0.3 is 15.3 Å². The van der Waals surface area contributed by atoms with Gasteiger partial charge in [-0.3, -0.25) is 4.79 Å². The number of hydrogen-bond acceptors (Lipinski definition) is 2. The van der Waals surface area contributed by atoms with E-state index in [-0.39, 0.29) is 30.0 Å². The number of carbonyl (C=O) groups excluding carboxylic acids is 1. The predicted molar refractivity (Wildman–Crippen MR) is 83.2 cm³/mol. The topological polar surface area (TPSA) is 69.6 Å². The van der Waals surface area contributed by atoms with E-state index in [0.717, 1.165) is 19.3 Å². The first kappa shape index (κ1) is 17.8. The largest absolute Gasteiger partial charge is 0.481 e. The van der Waals surface area contributed by atoms with Gasteiger partial charge in [0, 0.05) is 19.1 Å². The molecule has 1 fully saturated rings. The van der Waals surface area contributed by atoms with Gasteiger partial charge in [-0.1, -0.05) is 40.5 Å². The molecule has 1 aliphatic carbocycles. The second kappa shape index (κ2) is 7.14. The average molecular weight is 298 g/mol. The number of aliphatic carboxylic acids is 1. The van der Waals surface area contributed by atoms with Crippen molar-refractivity contribution in [3.8, 4) is 0 Å². The van der Waals surface area contributed by atoms with E-state index in [4.69, 9.17) is 5.11 Å². The van der Waals surface area contributed by atoms with E-state index >= 15 is 0 Å². The molecule has 1 saturated carbocycles. The minimum Gasteiger partial charge on any atom is -0.481 e. The van der Waals surface area contributed by atoms with Crippen LogP contribution in [0.5, 0.6) is 0 Å². The molecule has 0 bridgehead atoms. The van der Waals surface area contributed by atoms with E-state index in [9.17, 15) is 9.59 Å². The number of nitrogens with zero attached hydrogens (tertiary/aromatic N) is 1. The van der Waals surface area contributed by atoms with Crippen LogP contribution in [0.1, 0.15) is 59.8 Å². The van der Waals surface area contributed by atoms with Gasteiger partial charge in [-0.15, -0.1) is 0 Å². The molecule has 5 nitrogen and oxygen atoms in total. The Morgan fingerprint density at radius 3 is 2.33 bits per heavy atom. The van der Waals surface area contributed by atoms with Crippen molar-refractivity contribution in [2.24, 2.45) is 11.3 Å². The molecule has 1 aliphatic rings. The molecule has 1 rings (SSSR count). The summed E-state index contributed by atoms with van der Waals surface area (Å²) in [5.74, 6) is -0.383. The van der Waals surface area contributed by atoms with E-state index in [1.54, 1.807) is 4.90 Å². The third-order valence-electron chi connectivity index (χ3n) is 4.61. The van der Waals surface area contributed by atoms with Crippen molar-refractivity contribution in [3.63, 3.8) is 0 Å². The Labute approximate surface area is 128 Å². The van der Waals surface area contributed by atoms with Gasteiger partial charge in [0.15, 0.2) is 0 Å². The lowest BCUT2D eigenvalue weighted by Gasteiger charge is -2.38. The lowest BCUT2D eigenvalue weighted by molar-refractivity contribution is -0.138. The molecule has 0 saturated heterocycles. The van der Waals surface area contributed by atoms with Crippen molar-refractivity contribution in [1.29, 1.82) is 0 Å². The van der Waals surface area contributed by atoms with Crippen LogP contribution in [-0.2, 0) is 4.79 Å². The van der Waals surface area contributed by atoms with Crippen molar-refractivity contribution in [2.75, 3.05) is 7.05 Å².